The van der Waals surface area contributed by atoms with Gasteiger partial charge in [-0.1, -0.05) is 20.3 Å². The van der Waals surface area contributed by atoms with Crippen molar-refractivity contribution >= 4 is 0 Å². The Kier molecular flexibility index (Phi) is 4.40. The number of aromatic nitrogens is 2. The highest BCUT2D eigenvalue weighted by atomic mass is 14.9. The average molecular weight is 179 g/mol. The second-order valence-electron chi connectivity index (χ2n) is 3.03. The van der Waals surface area contributed by atoms with Gasteiger partial charge in [-0.25, -0.2) is 9.97 Å². The summed E-state index contributed by atoms with van der Waals surface area (Å²) in [5.74, 6) is 0. The minimum Gasteiger partial charge on any atom is -0.309 e. The first-order valence-electron chi connectivity index (χ1n) is 4.87. The van der Waals surface area contributed by atoms with E-state index in [1.54, 1.807) is 12.5 Å². The van der Waals surface area contributed by atoms with Crippen molar-refractivity contribution in [3.63, 3.8) is 0 Å². The first kappa shape index (κ1) is 10.1. The molecule has 1 N–H and O–H groups in total. The molecule has 1 heterocycles. The van der Waals surface area contributed by atoms with Gasteiger partial charge in [-0.3, -0.25) is 0 Å². The van der Waals surface area contributed by atoms with E-state index >= 15 is 0 Å². The summed E-state index contributed by atoms with van der Waals surface area (Å²) in [6.07, 6.45) is 5.70. The zero-order valence-electron chi connectivity index (χ0n) is 8.33. The van der Waals surface area contributed by atoms with E-state index in [2.05, 4.69) is 29.1 Å². The van der Waals surface area contributed by atoms with Crippen LogP contribution in [0.25, 0.3) is 0 Å². The van der Waals surface area contributed by atoms with Crippen LogP contribution in [0.4, 0.5) is 0 Å². The summed E-state index contributed by atoms with van der Waals surface area (Å²) in [5.41, 5.74) is 1.10. The molecule has 1 rings (SSSR count). The second kappa shape index (κ2) is 5.65. The summed E-state index contributed by atoms with van der Waals surface area (Å²) in [4.78, 5) is 8.15. The van der Waals surface area contributed by atoms with Gasteiger partial charge in [-0.05, 0) is 19.0 Å². The summed E-state index contributed by atoms with van der Waals surface area (Å²) in [6, 6.07) is 2.36. The molecule has 1 aromatic heterocycles. The lowest BCUT2D eigenvalue weighted by Gasteiger charge is -2.15. The average Bonchev–Trinajstić information content (AvgIpc) is 2.19. The monoisotopic (exact) mass is 179 g/mol. The molecule has 3 nitrogen and oxygen atoms in total. The summed E-state index contributed by atoms with van der Waals surface area (Å²) in [5, 5.41) is 3.41. The third kappa shape index (κ3) is 3.11. The SMILES string of the molecule is CCCC(NCC)c1ccncn1. The van der Waals surface area contributed by atoms with Gasteiger partial charge in [0.2, 0.25) is 0 Å². The van der Waals surface area contributed by atoms with Crippen LogP contribution >= 0.6 is 0 Å². The van der Waals surface area contributed by atoms with Crippen molar-refractivity contribution in [2.45, 2.75) is 32.7 Å². The molecule has 0 aromatic carbocycles. The Bertz CT molecular complexity index is 217. The van der Waals surface area contributed by atoms with Crippen molar-refractivity contribution in [2.75, 3.05) is 6.54 Å². The summed E-state index contributed by atoms with van der Waals surface area (Å²) in [6.45, 7) is 5.28. The predicted octanol–water partition coefficient (Wildman–Crippen LogP) is 1.93. The molecule has 0 saturated heterocycles. The molecule has 3 heteroatoms. The molecule has 13 heavy (non-hydrogen) atoms. The predicted molar refractivity (Wildman–Crippen MR) is 53.4 cm³/mol. The highest BCUT2D eigenvalue weighted by molar-refractivity contribution is 5.04. The first-order chi connectivity index (χ1) is 6.38. The molecular weight excluding hydrogens is 162 g/mol. The quantitative estimate of drug-likeness (QED) is 0.750. The molecule has 1 unspecified atom stereocenters. The maximum Gasteiger partial charge on any atom is 0.115 e. The summed E-state index contributed by atoms with van der Waals surface area (Å²) >= 11 is 0. The fourth-order valence-electron chi connectivity index (χ4n) is 1.40. The molecule has 0 aliphatic rings. The van der Waals surface area contributed by atoms with Gasteiger partial charge in [0, 0.05) is 12.2 Å². The number of nitrogens with one attached hydrogen (secondary N) is 1. The molecule has 1 aromatic rings. The van der Waals surface area contributed by atoms with E-state index < -0.39 is 0 Å². The van der Waals surface area contributed by atoms with Crippen LogP contribution < -0.4 is 5.32 Å². The van der Waals surface area contributed by atoms with E-state index in [-0.39, 0.29) is 0 Å². The fraction of sp³-hybridized carbons (Fsp3) is 0.600. The largest absolute Gasteiger partial charge is 0.309 e. The van der Waals surface area contributed by atoms with Crippen LogP contribution in [0.1, 0.15) is 38.4 Å². The highest BCUT2D eigenvalue weighted by Gasteiger charge is 2.08. The van der Waals surface area contributed by atoms with Crippen molar-refractivity contribution in [3.8, 4) is 0 Å². The van der Waals surface area contributed by atoms with Crippen LogP contribution in [-0.4, -0.2) is 16.5 Å². The van der Waals surface area contributed by atoms with Gasteiger partial charge in [0.25, 0.3) is 0 Å². The Morgan fingerprint density at radius 2 is 2.31 bits per heavy atom. The Labute approximate surface area is 79.6 Å². The van der Waals surface area contributed by atoms with Crippen molar-refractivity contribution in [1.29, 1.82) is 0 Å². The van der Waals surface area contributed by atoms with E-state index in [4.69, 9.17) is 0 Å². The molecule has 0 spiro atoms. The molecule has 0 amide bonds. The van der Waals surface area contributed by atoms with E-state index in [1.807, 2.05) is 6.07 Å². The lowest BCUT2D eigenvalue weighted by molar-refractivity contribution is 0.497. The maximum absolute atomic E-state index is 4.24. The fourth-order valence-corrected chi connectivity index (χ4v) is 1.40. The normalized spacial score (nSPS) is 12.8. The molecule has 0 bridgehead atoms. The molecular formula is C10H17N3. The van der Waals surface area contributed by atoms with Crippen LogP contribution in [0, 0.1) is 0 Å². The second-order valence-corrected chi connectivity index (χ2v) is 3.03. The third-order valence-electron chi connectivity index (χ3n) is 1.99. The highest BCUT2D eigenvalue weighted by Crippen LogP contribution is 2.14. The van der Waals surface area contributed by atoms with E-state index in [0.29, 0.717) is 6.04 Å². The Morgan fingerprint density at radius 1 is 1.46 bits per heavy atom. The van der Waals surface area contributed by atoms with Crippen molar-refractivity contribution in [1.82, 2.24) is 15.3 Å². The lowest BCUT2D eigenvalue weighted by Crippen LogP contribution is -2.21. The zero-order valence-corrected chi connectivity index (χ0v) is 8.33. The van der Waals surface area contributed by atoms with Gasteiger partial charge < -0.3 is 5.32 Å². The van der Waals surface area contributed by atoms with Crippen molar-refractivity contribution < 1.29 is 0 Å². The van der Waals surface area contributed by atoms with E-state index in [0.717, 1.165) is 18.7 Å². The van der Waals surface area contributed by atoms with Crippen LogP contribution in [0.2, 0.25) is 0 Å². The Morgan fingerprint density at radius 3 is 2.85 bits per heavy atom. The van der Waals surface area contributed by atoms with Gasteiger partial charge in [-0.15, -0.1) is 0 Å². The first-order valence-corrected chi connectivity index (χ1v) is 4.87. The number of rotatable bonds is 5. The number of hydrogen-bond donors (Lipinski definition) is 1. The number of hydrogen-bond acceptors (Lipinski definition) is 3. The molecule has 72 valence electrons. The Balaban J connectivity index is 2.64. The summed E-state index contributed by atoms with van der Waals surface area (Å²) in [7, 11) is 0. The van der Waals surface area contributed by atoms with Crippen LogP contribution in [-0.2, 0) is 0 Å². The molecule has 0 aliphatic heterocycles. The smallest absolute Gasteiger partial charge is 0.115 e. The van der Waals surface area contributed by atoms with Crippen LogP contribution in [0.3, 0.4) is 0 Å². The minimum absolute atomic E-state index is 0.387. The van der Waals surface area contributed by atoms with Gasteiger partial charge in [0.15, 0.2) is 0 Å². The minimum atomic E-state index is 0.387. The molecule has 0 radical (unpaired) electrons. The van der Waals surface area contributed by atoms with Crippen LogP contribution in [0.5, 0.6) is 0 Å². The van der Waals surface area contributed by atoms with Crippen molar-refractivity contribution in [2.24, 2.45) is 0 Å². The van der Waals surface area contributed by atoms with Gasteiger partial charge in [-0.2, -0.15) is 0 Å². The van der Waals surface area contributed by atoms with Gasteiger partial charge in [0.05, 0.1) is 5.69 Å². The lowest BCUT2D eigenvalue weighted by atomic mass is 10.1. The van der Waals surface area contributed by atoms with Gasteiger partial charge >= 0.3 is 0 Å². The van der Waals surface area contributed by atoms with E-state index in [1.165, 1.54) is 6.42 Å². The van der Waals surface area contributed by atoms with E-state index in [9.17, 15) is 0 Å². The molecule has 0 saturated carbocycles. The zero-order chi connectivity index (χ0) is 9.52. The molecule has 1 atom stereocenters. The molecule has 0 fully saturated rings. The standard InChI is InChI=1S/C10H17N3/c1-3-5-9(12-4-2)10-6-7-11-8-13-10/h6-9,12H,3-5H2,1-2H3. The Hall–Kier alpha value is -0.960. The summed E-state index contributed by atoms with van der Waals surface area (Å²) < 4.78 is 0. The molecule has 0 aliphatic carbocycles. The van der Waals surface area contributed by atoms with Crippen molar-refractivity contribution in [3.05, 3.63) is 24.3 Å². The van der Waals surface area contributed by atoms with Gasteiger partial charge in [0.1, 0.15) is 6.33 Å². The van der Waals surface area contributed by atoms with Crippen LogP contribution in [0.15, 0.2) is 18.6 Å². The number of nitrogens with zero attached hydrogens (tertiary/aromatic N) is 2. The maximum atomic E-state index is 4.24. The topological polar surface area (TPSA) is 37.8 Å². The third-order valence-corrected chi connectivity index (χ3v) is 1.99.